The number of carboxylic acids is 1. The van der Waals surface area contributed by atoms with Crippen LogP contribution in [0.4, 0.5) is 0 Å². The maximum absolute atomic E-state index is 11.5. The molecule has 0 saturated heterocycles. The van der Waals surface area contributed by atoms with Gasteiger partial charge in [-0.1, -0.05) is 12.1 Å². The molecule has 104 valence electrons. The normalized spacial score (nSPS) is 10.8. The van der Waals surface area contributed by atoms with Crippen LogP contribution >= 0.6 is 0 Å². The first-order valence-electron chi connectivity index (χ1n) is 6.48. The Hall–Kier alpha value is -2.82. The van der Waals surface area contributed by atoms with Gasteiger partial charge in [0.1, 0.15) is 5.69 Å². The molecule has 0 unspecified atom stereocenters. The van der Waals surface area contributed by atoms with Crippen molar-refractivity contribution in [3.8, 4) is 11.4 Å². The van der Waals surface area contributed by atoms with Crippen LogP contribution in [-0.2, 0) is 0 Å². The van der Waals surface area contributed by atoms with Crippen LogP contribution in [0.5, 0.6) is 0 Å². The van der Waals surface area contributed by atoms with E-state index in [9.17, 15) is 9.90 Å². The van der Waals surface area contributed by atoms with E-state index < -0.39 is 5.97 Å². The number of carbonyl (C=O) groups is 1. The Labute approximate surface area is 121 Å². The zero-order valence-electron chi connectivity index (χ0n) is 11.7. The van der Waals surface area contributed by atoms with E-state index in [1.165, 1.54) is 0 Å². The lowest BCUT2D eigenvalue weighted by Gasteiger charge is -2.10. The lowest BCUT2D eigenvalue weighted by atomic mass is 10.0. The Bertz CT molecular complexity index is 845. The minimum atomic E-state index is -0.976. The number of carboxylic acid groups (broad SMARTS) is 1. The van der Waals surface area contributed by atoms with Gasteiger partial charge in [0, 0.05) is 17.8 Å². The van der Waals surface area contributed by atoms with Gasteiger partial charge in [-0.05, 0) is 31.0 Å². The van der Waals surface area contributed by atoms with Gasteiger partial charge in [-0.3, -0.25) is 9.97 Å². The molecule has 0 aliphatic carbocycles. The molecule has 0 aliphatic rings. The van der Waals surface area contributed by atoms with Crippen LogP contribution in [0, 0.1) is 13.8 Å². The summed E-state index contributed by atoms with van der Waals surface area (Å²) in [6.45, 7) is 3.92. The smallest absolute Gasteiger partial charge is 0.336 e. The second kappa shape index (κ2) is 4.94. The molecule has 0 fully saturated rings. The van der Waals surface area contributed by atoms with Gasteiger partial charge >= 0.3 is 5.97 Å². The predicted molar refractivity (Wildman–Crippen MR) is 79.2 cm³/mol. The number of pyridine rings is 1. The van der Waals surface area contributed by atoms with Gasteiger partial charge in [-0.25, -0.2) is 9.78 Å². The summed E-state index contributed by atoms with van der Waals surface area (Å²) >= 11 is 0. The number of hydrogen-bond donors (Lipinski definition) is 1. The van der Waals surface area contributed by atoms with Crippen LogP contribution < -0.4 is 0 Å². The quantitative estimate of drug-likeness (QED) is 0.780. The molecule has 0 radical (unpaired) electrons. The van der Waals surface area contributed by atoms with Crippen LogP contribution in [0.1, 0.15) is 21.5 Å². The number of benzene rings is 1. The molecule has 1 N–H and O–H groups in total. The van der Waals surface area contributed by atoms with E-state index in [2.05, 4.69) is 15.0 Å². The van der Waals surface area contributed by atoms with Crippen LogP contribution in [0.2, 0.25) is 0 Å². The molecule has 0 bridgehead atoms. The van der Waals surface area contributed by atoms with E-state index >= 15 is 0 Å². The fraction of sp³-hybridized carbons (Fsp3) is 0.125. The topological polar surface area (TPSA) is 76.0 Å². The maximum atomic E-state index is 11.5. The van der Waals surface area contributed by atoms with Crippen molar-refractivity contribution in [3.63, 3.8) is 0 Å². The van der Waals surface area contributed by atoms with E-state index in [0.29, 0.717) is 22.3 Å². The fourth-order valence-electron chi connectivity index (χ4n) is 2.27. The van der Waals surface area contributed by atoms with Crippen molar-refractivity contribution in [1.82, 2.24) is 15.0 Å². The summed E-state index contributed by atoms with van der Waals surface area (Å²) in [6, 6.07) is 5.26. The highest BCUT2D eigenvalue weighted by Crippen LogP contribution is 2.27. The van der Waals surface area contributed by atoms with E-state index in [0.717, 1.165) is 11.1 Å². The molecule has 0 atom stereocenters. The summed E-state index contributed by atoms with van der Waals surface area (Å²) < 4.78 is 0. The molecule has 0 spiro atoms. The number of nitrogens with zero attached hydrogens (tertiary/aromatic N) is 3. The second-order valence-corrected chi connectivity index (χ2v) is 4.85. The summed E-state index contributed by atoms with van der Waals surface area (Å²) in [6.07, 6.45) is 4.70. The molecule has 21 heavy (non-hydrogen) atoms. The van der Waals surface area contributed by atoms with Gasteiger partial charge in [-0.15, -0.1) is 0 Å². The lowest BCUT2D eigenvalue weighted by Crippen LogP contribution is -2.02. The molecule has 2 aromatic heterocycles. The first-order valence-corrected chi connectivity index (χ1v) is 6.48. The average molecular weight is 279 g/mol. The van der Waals surface area contributed by atoms with E-state index in [1.54, 1.807) is 30.7 Å². The molecule has 5 heteroatoms. The van der Waals surface area contributed by atoms with Crippen molar-refractivity contribution < 1.29 is 9.90 Å². The highest BCUT2D eigenvalue weighted by Gasteiger charge is 2.15. The van der Waals surface area contributed by atoms with Crippen LogP contribution in [0.25, 0.3) is 22.3 Å². The average Bonchev–Trinajstić information content (AvgIpc) is 2.51. The predicted octanol–water partition coefficient (Wildman–Crippen LogP) is 3.01. The first kappa shape index (κ1) is 13.2. The lowest BCUT2D eigenvalue weighted by molar-refractivity contribution is 0.0699. The summed E-state index contributed by atoms with van der Waals surface area (Å²) in [5, 5.41) is 10.1. The molecule has 0 aliphatic heterocycles. The Balaban J connectivity index is 2.39. The number of rotatable bonds is 2. The van der Waals surface area contributed by atoms with Crippen molar-refractivity contribution in [2.75, 3.05) is 0 Å². The van der Waals surface area contributed by atoms with Gasteiger partial charge in [0.2, 0.25) is 0 Å². The Morgan fingerprint density at radius 1 is 1.14 bits per heavy atom. The van der Waals surface area contributed by atoms with Crippen LogP contribution in [0.3, 0.4) is 0 Å². The fourth-order valence-corrected chi connectivity index (χ4v) is 2.27. The largest absolute Gasteiger partial charge is 0.478 e. The molecule has 3 rings (SSSR count). The van der Waals surface area contributed by atoms with Gasteiger partial charge < -0.3 is 5.11 Å². The van der Waals surface area contributed by atoms with E-state index in [4.69, 9.17) is 0 Å². The van der Waals surface area contributed by atoms with Gasteiger partial charge in [-0.2, -0.15) is 0 Å². The molecule has 3 aromatic rings. The molecular formula is C16H13N3O2. The zero-order chi connectivity index (χ0) is 15.0. The summed E-state index contributed by atoms with van der Waals surface area (Å²) in [7, 11) is 0. The highest BCUT2D eigenvalue weighted by molar-refractivity contribution is 6.04. The minimum Gasteiger partial charge on any atom is -0.478 e. The number of aryl methyl sites for hydroxylation is 2. The molecule has 0 saturated carbocycles. The van der Waals surface area contributed by atoms with Crippen molar-refractivity contribution in [2.45, 2.75) is 13.8 Å². The molecule has 1 aromatic carbocycles. The third-order valence-electron chi connectivity index (χ3n) is 3.56. The summed E-state index contributed by atoms with van der Waals surface area (Å²) in [5.74, 6) is -0.976. The highest BCUT2D eigenvalue weighted by atomic mass is 16.4. The second-order valence-electron chi connectivity index (χ2n) is 4.85. The van der Waals surface area contributed by atoms with Crippen LogP contribution in [0.15, 0.2) is 36.8 Å². The monoisotopic (exact) mass is 279 g/mol. The zero-order valence-corrected chi connectivity index (χ0v) is 11.7. The number of fused-ring (bicyclic) bond motifs is 1. The Kier molecular flexibility index (Phi) is 3.10. The first-order chi connectivity index (χ1) is 10.1. The van der Waals surface area contributed by atoms with Crippen molar-refractivity contribution in [3.05, 3.63) is 53.5 Å². The Morgan fingerprint density at radius 2 is 1.95 bits per heavy atom. The van der Waals surface area contributed by atoms with Crippen molar-refractivity contribution in [2.24, 2.45) is 0 Å². The number of aromatic carboxylic acids is 1. The minimum absolute atomic E-state index is 0.226. The van der Waals surface area contributed by atoms with Gasteiger partial charge in [0.15, 0.2) is 0 Å². The van der Waals surface area contributed by atoms with E-state index in [1.807, 2.05) is 19.9 Å². The van der Waals surface area contributed by atoms with Gasteiger partial charge in [0.25, 0.3) is 0 Å². The third kappa shape index (κ3) is 2.23. The van der Waals surface area contributed by atoms with Gasteiger partial charge in [0.05, 0.1) is 23.0 Å². The molecule has 0 amide bonds. The maximum Gasteiger partial charge on any atom is 0.336 e. The number of hydrogen-bond acceptors (Lipinski definition) is 4. The van der Waals surface area contributed by atoms with Crippen molar-refractivity contribution in [1.29, 1.82) is 0 Å². The summed E-state index contributed by atoms with van der Waals surface area (Å²) in [4.78, 5) is 24.3. The third-order valence-corrected chi connectivity index (χ3v) is 3.56. The molecular weight excluding hydrogens is 266 g/mol. The Morgan fingerprint density at radius 3 is 2.62 bits per heavy atom. The standard InChI is InChI=1S/C16H13N3O2/c1-9-3-4-11-12(16(20)21)7-13(19-15(11)10(9)2)14-8-17-5-6-18-14/h3-8H,1-2H3,(H,20,21). The number of aromatic nitrogens is 3. The van der Waals surface area contributed by atoms with E-state index in [-0.39, 0.29) is 5.56 Å². The molecule has 2 heterocycles. The summed E-state index contributed by atoms with van der Waals surface area (Å²) in [5.41, 5.74) is 4.03. The van der Waals surface area contributed by atoms with Crippen molar-refractivity contribution >= 4 is 16.9 Å². The SMILES string of the molecule is Cc1ccc2c(C(=O)O)cc(-c3cnccn3)nc2c1C. The van der Waals surface area contributed by atoms with Crippen LogP contribution in [-0.4, -0.2) is 26.0 Å². The molecule has 5 nitrogen and oxygen atoms in total.